The largest absolute Gasteiger partial charge is 0.354 e. The van der Waals surface area contributed by atoms with Crippen LogP contribution in [-0.4, -0.2) is 4.98 Å². The van der Waals surface area contributed by atoms with Crippen molar-refractivity contribution in [2.45, 2.75) is 0 Å². The van der Waals surface area contributed by atoms with Crippen LogP contribution in [0, 0.1) is 0 Å². The molecule has 0 aliphatic rings. The van der Waals surface area contributed by atoms with Crippen molar-refractivity contribution in [3.05, 3.63) is 255 Å². The minimum atomic E-state index is 1.04. The Balaban J connectivity index is 1.30. The lowest BCUT2D eigenvalue weighted by Crippen LogP contribution is -2.19. The van der Waals surface area contributed by atoms with E-state index in [1.54, 1.807) is 0 Å². The molecule has 1 heterocycles. The first-order valence-corrected chi connectivity index (χ1v) is 21.5. The van der Waals surface area contributed by atoms with Crippen molar-refractivity contribution in [1.29, 1.82) is 0 Å². The predicted molar refractivity (Wildman–Crippen MR) is 267 cm³/mol. The van der Waals surface area contributed by atoms with E-state index < -0.39 is 0 Å². The van der Waals surface area contributed by atoms with E-state index in [1.165, 1.54) is 10.8 Å². The van der Waals surface area contributed by atoms with Gasteiger partial charge in [-0.2, -0.15) is 0 Å². The molecule has 0 aliphatic heterocycles. The minimum Gasteiger partial charge on any atom is -0.354 e. The van der Waals surface area contributed by atoms with E-state index in [9.17, 15) is 0 Å². The van der Waals surface area contributed by atoms with Crippen molar-refractivity contribution < 1.29 is 0 Å². The molecule has 0 saturated carbocycles. The fraction of sp³-hybridized carbons (Fsp3) is 0. The van der Waals surface area contributed by atoms with Crippen LogP contribution in [0.3, 0.4) is 0 Å². The third-order valence-electron chi connectivity index (χ3n) is 12.0. The standard InChI is InChI=1S/C60H43N3/c1-6-23-43(24-7-1)48-33-17-20-38-55(48)63(60-50(45-27-10-3-11-28-45)36-22-40-57(60)62(46-29-12-4-13-30-46)47-31-14-5-15-32-47)56-39-21-18-35-53(56)58-49(44-25-8-2-9-26-44)41-42-52-51-34-16-19-37-54(51)61-59(52)58/h1-42,61H. The highest BCUT2D eigenvalue weighted by molar-refractivity contribution is 6.16. The highest BCUT2D eigenvalue weighted by Crippen LogP contribution is 2.54. The van der Waals surface area contributed by atoms with Gasteiger partial charge in [0.25, 0.3) is 0 Å². The maximum absolute atomic E-state index is 3.92. The number of hydrogen-bond acceptors (Lipinski definition) is 2. The number of anilines is 6. The van der Waals surface area contributed by atoms with Gasteiger partial charge in [0.15, 0.2) is 0 Å². The van der Waals surface area contributed by atoms with Gasteiger partial charge in [-0.1, -0.05) is 206 Å². The van der Waals surface area contributed by atoms with Crippen LogP contribution in [0.25, 0.3) is 66.3 Å². The zero-order valence-corrected chi connectivity index (χ0v) is 34.6. The summed E-state index contributed by atoms with van der Waals surface area (Å²) in [6.07, 6.45) is 0. The Bertz CT molecular complexity index is 3280. The molecule has 0 amide bonds. The summed E-state index contributed by atoms with van der Waals surface area (Å²) in [5.74, 6) is 0. The Morgan fingerprint density at radius 3 is 1.33 bits per heavy atom. The van der Waals surface area contributed by atoms with Crippen LogP contribution >= 0.6 is 0 Å². The average molecular weight is 806 g/mol. The molecule has 1 N–H and O–H groups in total. The molecule has 11 rings (SSSR count). The second-order valence-electron chi connectivity index (χ2n) is 15.7. The Morgan fingerprint density at radius 2 is 0.714 bits per heavy atom. The second-order valence-corrected chi connectivity index (χ2v) is 15.7. The van der Waals surface area contributed by atoms with Crippen molar-refractivity contribution in [3.63, 3.8) is 0 Å². The van der Waals surface area contributed by atoms with E-state index in [-0.39, 0.29) is 0 Å². The van der Waals surface area contributed by atoms with E-state index in [4.69, 9.17) is 0 Å². The van der Waals surface area contributed by atoms with E-state index in [0.29, 0.717) is 0 Å². The third-order valence-corrected chi connectivity index (χ3v) is 12.0. The van der Waals surface area contributed by atoms with Gasteiger partial charge < -0.3 is 14.8 Å². The molecule has 3 nitrogen and oxygen atoms in total. The first-order chi connectivity index (χ1) is 31.3. The fourth-order valence-electron chi connectivity index (χ4n) is 9.22. The Kier molecular flexibility index (Phi) is 9.89. The summed E-state index contributed by atoms with van der Waals surface area (Å²) in [6, 6.07) is 91.6. The number of H-pyrrole nitrogens is 1. The molecule has 298 valence electrons. The molecule has 0 aliphatic carbocycles. The number of nitrogens with one attached hydrogen (secondary N) is 1. The zero-order valence-electron chi connectivity index (χ0n) is 34.6. The molecular weight excluding hydrogens is 763 g/mol. The molecule has 10 aromatic carbocycles. The van der Waals surface area contributed by atoms with Crippen LogP contribution in [0.15, 0.2) is 255 Å². The highest BCUT2D eigenvalue weighted by atomic mass is 15.2. The van der Waals surface area contributed by atoms with Crippen LogP contribution in [0.2, 0.25) is 0 Å². The predicted octanol–water partition coefficient (Wildman–Crippen LogP) is 16.9. The van der Waals surface area contributed by atoms with Gasteiger partial charge in [0.05, 0.1) is 28.3 Å². The lowest BCUT2D eigenvalue weighted by molar-refractivity contribution is 1.23. The maximum atomic E-state index is 3.92. The van der Waals surface area contributed by atoms with Crippen LogP contribution in [0.1, 0.15) is 0 Å². The number of rotatable bonds is 10. The highest BCUT2D eigenvalue weighted by Gasteiger charge is 2.30. The van der Waals surface area contributed by atoms with E-state index >= 15 is 0 Å². The van der Waals surface area contributed by atoms with Gasteiger partial charge in [-0.3, -0.25) is 0 Å². The van der Waals surface area contributed by atoms with Gasteiger partial charge in [-0.05, 0) is 70.8 Å². The molecule has 0 atom stereocenters. The van der Waals surface area contributed by atoms with Crippen molar-refractivity contribution in [2.75, 3.05) is 9.80 Å². The van der Waals surface area contributed by atoms with Gasteiger partial charge in [-0.25, -0.2) is 0 Å². The molecule has 1 aromatic heterocycles. The molecule has 63 heavy (non-hydrogen) atoms. The topological polar surface area (TPSA) is 22.3 Å². The quantitative estimate of drug-likeness (QED) is 0.149. The number of fused-ring (bicyclic) bond motifs is 3. The summed E-state index contributed by atoms with van der Waals surface area (Å²) in [4.78, 5) is 8.85. The van der Waals surface area contributed by atoms with Crippen molar-refractivity contribution in [1.82, 2.24) is 4.98 Å². The fourth-order valence-corrected chi connectivity index (χ4v) is 9.22. The number of aromatic nitrogens is 1. The molecule has 0 saturated heterocycles. The van der Waals surface area contributed by atoms with Gasteiger partial charge in [0.2, 0.25) is 0 Å². The van der Waals surface area contributed by atoms with Crippen LogP contribution in [0.4, 0.5) is 34.1 Å². The van der Waals surface area contributed by atoms with Crippen molar-refractivity contribution in [2.24, 2.45) is 0 Å². The monoisotopic (exact) mass is 805 g/mol. The zero-order chi connectivity index (χ0) is 42.0. The van der Waals surface area contributed by atoms with Crippen LogP contribution in [0.5, 0.6) is 0 Å². The molecule has 0 spiro atoms. The Morgan fingerprint density at radius 1 is 0.270 bits per heavy atom. The summed E-state index contributed by atoms with van der Waals surface area (Å²) < 4.78 is 0. The minimum absolute atomic E-state index is 1.04. The molecule has 11 aromatic rings. The van der Waals surface area contributed by atoms with Crippen LogP contribution < -0.4 is 9.80 Å². The molecule has 0 bridgehead atoms. The summed E-state index contributed by atoms with van der Waals surface area (Å²) in [7, 11) is 0. The number of para-hydroxylation sites is 6. The van der Waals surface area contributed by atoms with E-state index in [1.807, 2.05) is 0 Å². The number of hydrogen-bond donors (Lipinski definition) is 1. The van der Waals surface area contributed by atoms with E-state index in [2.05, 4.69) is 270 Å². The summed E-state index contributed by atoms with van der Waals surface area (Å²) >= 11 is 0. The molecule has 0 radical (unpaired) electrons. The van der Waals surface area contributed by atoms with Gasteiger partial charge >= 0.3 is 0 Å². The first-order valence-electron chi connectivity index (χ1n) is 21.5. The lowest BCUT2D eigenvalue weighted by Gasteiger charge is -2.36. The molecule has 0 fully saturated rings. The van der Waals surface area contributed by atoms with Gasteiger partial charge in [0, 0.05) is 49.9 Å². The van der Waals surface area contributed by atoms with Crippen LogP contribution in [-0.2, 0) is 0 Å². The second kappa shape index (κ2) is 16.6. The Hall–Kier alpha value is -8.40. The first kappa shape index (κ1) is 37.6. The summed E-state index contributed by atoms with van der Waals surface area (Å²) in [5, 5.41) is 2.39. The van der Waals surface area contributed by atoms with Gasteiger partial charge in [0.1, 0.15) is 0 Å². The SMILES string of the molecule is c1ccc(-c2ccccc2N(c2ccccc2-c2c(-c3ccccc3)ccc3c2[nH]c2ccccc23)c2c(-c3ccccc3)cccc2N(c2ccccc2)c2ccccc2)cc1. The van der Waals surface area contributed by atoms with Crippen molar-refractivity contribution in [3.8, 4) is 44.5 Å². The number of benzene rings is 10. The van der Waals surface area contributed by atoms with E-state index in [0.717, 1.165) is 89.7 Å². The normalized spacial score (nSPS) is 11.2. The van der Waals surface area contributed by atoms with Gasteiger partial charge in [-0.15, -0.1) is 0 Å². The lowest BCUT2D eigenvalue weighted by atomic mass is 9.90. The number of aromatic amines is 1. The summed E-state index contributed by atoms with van der Waals surface area (Å²) in [5.41, 5.74) is 17.6. The maximum Gasteiger partial charge on any atom is 0.0781 e. The van der Waals surface area contributed by atoms with Crippen molar-refractivity contribution >= 4 is 55.9 Å². The Labute approximate surface area is 368 Å². The molecular formula is C60H43N3. The third kappa shape index (κ3) is 6.92. The average Bonchev–Trinajstić information content (AvgIpc) is 3.75. The molecule has 0 unspecified atom stereocenters. The smallest absolute Gasteiger partial charge is 0.0781 e. The number of nitrogens with zero attached hydrogens (tertiary/aromatic N) is 2. The molecule has 3 heteroatoms. The summed E-state index contributed by atoms with van der Waals surface area (Å²) in [6.45, 7) is 0.